The number of sulfonamides is 1. The van der Waals surface area contributed by atoms with E-state index in [1.807, 2.05) is 19.1 Å². The van der Waals surface area contributed by atoms with Gasteiger partial charge in [0.15, 0.2) is 11.5 Å². The summed E-state index contributed by atoms with van der Waals surface area (Å²) in [6, 6.07) is 6.06. The van der Waals surface area contributed by atoms with Gasteiger partial charge in [-0.25, -0.2) is 13.1 Å². The topological polar surface area (TPSA) is 64.6 Å². The summed E-state index contributed by atoms with van der Waals surface area (Å²) in [6.07, 6.45) is 5.85. The fourth-order valence-electron chi connectivity index (χ4n) is 3.65. The van der Waals surface area contributed by atoms with E-state index in [1.165, 1.54) is 0 Å². The molecule has 0 spiro atoms. The molecule has 1 N–H and O–H groups in total. The minimum Gasteiger partial charge on any atom is -0.486 e. The van der Waals surface area contributed by atoms with Crippen LogP contribution < -0.4 is 14.2 Å². The molecule has 1 aliphatic heterocycles. The third-order valence-electron chi connectivity index (χ3n) is 5.11. The first-order valence-corrected chi connectivity index (χ1v) is 10.6. The van der Waals surface area contributed by atoms with Gasteiger partial charge in [0, 0.05) is 12.0 Å². The van der Waals surface area contributed by atoms with Crippen LogP contribution in [0.3, 0.4) is 0 Å². The molecule has 24 heavy (non-hydrogen) atoms. The predicted molar refractivity (Wildman–Crippen MR) is 94.3 cm³/mol. The summed E-state index contributed by atoms with van der Waals surface area (Å²) in [4.78, 5) is 0. The van der Waals surface area contributed by atoms with Gasteiger partial charge in [0.1, 0.15) is 13.2 Å². The van der Waals surface area contributed by atoms with Crippen LogP contribution in [0.4, 0.5) is 0 Å². The van der Waals surface area contributed by atoms with Crippen molar-refractivity contribution in [1.82, 2.24) is 4.72 Å². The van der Waals surface area contributed by atoms with Crippen LogP contribution in [0.5, 0.6) is 11.5 Å². The lowest BCUT2D eigenvalue weighted by Crippen LogP contribution is -2.40. The zero-order valence-corrected chi connectivity index (χ0v) is 15.2. The summed E-state index contributed by atoms with van der Waals surface area (Å²) in [5, 5.41) is 0. The highest BCUT2D eigenvalue weighted by Crippen LogP contribution is 2.43. The summed E-state index contributed by atoms with van der Waals surface area (Å²) in [6.45, 7) is 3.61. The first-order valence-electron chi connectivity index (χ1n) is 8.92. The van der Waals surface area contributed by atoms with Crippen molar-refractivity contribution >= 4 is 10.0 Å². The molecule has 1 heterocycles. The Kier molecular flexibility index (Phi) is 5.35. The van der Waals surface area contributed by atoms with Gasteiger partial charge in [0.05, 0.1) is 5.75 Å². The molecule has 0 saturated heterocycles. The molecule has 1 aromatic carbocycles. The number of nitrogens with one attached hydrogen (secondary N) is 1. The maximum atomic E-state index is 12.2. The summed E-state index contributed by atoms with van der Waals surface area (Å²) >= 11 is 0. The average molecular weight is 353 g/mol. The van der Waals surface area contributed by atoms with Crippen molar-refractivity contribution < 1.29 is 17.9 Å². The largest absolute Gasteiger partial charge is 0.486 e. The van der Waals surface area contributed by atoms with Gasteiger partial charge in [-0.2, -0.15) is 0 Å². The zero-order valence-electron chi connectivity index (χ0n) is 14.3. The number of rotatable bonds is 7. The number of benzene rings is 1. The van der Waals surface area contributed by atoms with Crippen molar-refractivity contribution in [2.45, 2.75) is 50.9 Å². The predicted octanol–water partition coefficient (Wildman–Crippen LogP) is 2.99. The van der Waals surface area contributed by atoms with E-state index < -0.39 is 10.0 Å². The van der Waals surface area contributed by atoms with Crippen molar-refractivity contribution in [2.24, 2.45) is 0 Å². The fraction of sp³-hybridized carbons (Fsp3) is 0.667. The zero-order chi connectivity index (χ0) is 17.0. The first-order chi connectivity index (χ1) is 11.5. The van der Waals surface area contributed by atoms with E-state index in [-0.39, 0.29) is 11.2 Å². The highest BCUT2D eigenvalue weighted by Gasteiger charge is 2.37. The normalized spacial score (nSPS) is 19.4. The molecule has 5 nitrogen and oxygen atoms in total. The average Bonchev–Trinajstić information content (AvgIpc) is 3.08. The highest BCUT2D eigenvalue weighted by atomic mass is 32.2. The van der Waals surface area contributed by atoms with Crippen LogP contribution in [-0.4, -0.2) is 33.9 Å². The van der Waals surface area contributed by atoms with Crippen LogP contribution in [0, 0.1) is 0 Å². The Hall–Kier alpha value is -1.27. The molecule has 1 aliphatic carbocycles. The Morgan fingerprint density at radius 2 is 1.83 bits per heavy atom. The molecule has 134 valence electrons. The van der Waals surface area contributed by atoms with Crippen molar-refractivity contribution in [3.8, 4) is 11.5 Å². The lowest BCUT2D eigenvalue weighted by atomic mass is 9.79. The molecule has 0 atom stereocenters. The number of fused-ring (bicyclic) bond motifs is 1. The van der Waals surface area contributed by atoms with Gasteiger partial charge in [-0.05, 0) is 37.0 Å². The molecule has 1 saturated carbocycles. The molecule has 0 unspecified atom stereocenters. The molecule has 3 rings (SSSR count). The van der Waals surface area contributed by atoms with Gasteiger partial charge >= 0.3 is 0 Å². The molecule has 0 amide bonds. The quantitative estimate of drug-likeness (QED) is 0.818. The molecule has 1 aromatic rings. The number of hydrogen-bond acceptors (Lipinski definition) is 4. The van der Waals surface area contributed by atoms with E-state index in [0.717, 1.165) is 49.2 Å². The van der Waals surface area contributed by atoms with Crippen molar-refractivity contribution in [3.05, 3.63) is 23.8 Å². The first kappa shape index (κ1) is 17.5. The second kappa shape index (κ2) is 7.31. The molecular formula is C18H27NO4S. The smallest absolute Gasteiger partial charge is 0.211 e. The molecule has 2 aliphatic rings. The Balaban J connectivity index is 1.78. The van der Waals surface area contributed by atoms with E-state index in [4.69, 9.17) is 9.47 Å². The van der Waals surface area contributed by atoms with E-state index in [9.17, 15) is 8.42 Å². The molecule has 0 bridgehead atoms. The molecule has 1 fully saturated rings. The van der Waals surface area contributed by atoms with Crippen LogP contribution in [0.2, 0.25) is 0 Å². The van der Waals surface area contributed by atoms with Gasteiger partial charge in [-0.15, -0.1) is 0 Å². The van der Waals surface area contributed by atoms with Crippen molar-refractivity contribution in [1.29, 1.82) is 0 Å². The number of unbranched alkanes of at least 4 members (excludes halogenated alkanes) is 1. The third-order valence-corrected chi connectivity index (χ3v) is 6.52. The van der Waals surface area contributed by atoms with Crippen LogP contribution in [0.1, 0.15) is 51.0 Å². The maximum absolute atomic E-state index is 12.2. The minimum absolute atomic E-state index is 0.130. The summed E-state index contributed by atoms with van der Waals surface area (Å²) < 4.78 is 38.5. The molecule has 0 radical (unpaired) electrons. The van der Waals surface area contributed by atoms with Crippen LogP contribution in [-0.2, 0) is 15.4 Å². The monoisotopic (exact) mass is 353 g/mol. The van der Waals surface area contributed by atoms with E-state index >= 15 is 0 Å². The van der Waals surface area contributed by atoms with E-state index in [0.29, 0.717) is 26.2 Å². The Morgan fingerprint density at radius 3 is 2.54 bits per heavy atom. The van der Waals surface area contributed by atoms with Gasteiger partial charge in [0.25, 0.3) is 0 Å². The highest BCUT2D eigenvalue weighted by molar-refractivity contribution is 7.89. The van der Waals surface area contributed by atoms with Crippen LogP contribution in [0.15, 0.2) is 18.2 Å². The second-order valence-electron chi connectivity index (χ2n) is 6.84. The van der Waals surface area contributed by atoms with Crippen molar-refractivity contribution in [3.63, 3.8) is 0 Å². The maximum Gasteiger partial charge on any atom is 0.211 e. The van der Waals surface area contributed by atoms with E-state index in [1.54, 1.807) is 0 Å². The van der Waals surface area contributed by atoms with Crippen LogP contribution in [0.25, 0.3) is 0 Å². The fourth-order valence-corrected chi connectivity index (χ4v) is 4.96. The Labute approximate surface area is 144 Å². The standard InChI is InChI=1S/C18H27NO4S/c1-2-3-12-24(20,21)19-14-18(8-4-5-9-18)15-6-7-16-17(13-15)23-11-10-22-16/h6-7,13,19H,2-5,8-12,14H2,1H3. The lowest BCUT2D eigenvalue weighted by Gasteiger charge is -2.31. The Bertz CT molecular complexity index is 666. The molecule has 6 heteroatoms. The third kappa shape index (κ3) is 3.86. The van der Waals surface area contributed by atoms with Gasteiger partial charge in [0.2, 0.25) is 10.0 Å². The SMILES string of the molecule is CCCCS(=O)(=O)NCC1(c2ccc3c(c2)OCCO3)CCCC1. The van der Waals surface area contributed by atoms with E-state index in [2.05, 4.69) is 10.8 Å². The van der Waals surface area contributed by atoms with Crippen LogP contribution >= 0.6 is 0 Å². The number of ether oxygens (including phenoxy) is 2. The molecule has 0 aromatic heterocycles. The lowest BCUT2D eigenvalue weighted by molar-refractivity contribution is 0.171. The van der Waals surface area contributed by atoms with Crippen molar-refractivity contribution in [2.75, 3.05) is 25.5 Å². The summed E-state index contributed by atoms with van der Waals surface area (Å²) in [5.74, 6) is 1.77. The number of hydrogen-bond donors (Lipinski definition) is 1. The molecular weight excluding hydrogens is 326 g/mol. The van der Waals surface area contributed by atoms with Gasteiger partial charge in [-0.1, -0.05) is 32.3 Å². The van der Waals surface area contributed by atoms with Gasteiger partial charge in [-0.3, -0.25) is 0 Å². The Morgan fingerprint density at radius 1 is 1.12 bits per heavy atom. The second-order valence-corrected chi connectivity index (χ2v) is 8.77. The summed E-state index contributed by atoms with van der Waals surface area (Å²) in [7, 11) is -3.20. The van der Waals surface area contributed by atoms with Gasteiger partial charge < -0.3 is 9.47 Å². The summed E-state index contributed by atoms with van der Waals surface area (Å²) in [5.41, 5.74) is 1.03. The minimum atomic E-state index is -3.20.